The van der Waals surface area contributed by atoms with Crippen LogP contribution in [-0.2, 0) is 4.79 Å². The molecule has 0 bridgehead atoms. The zero-order valence-electron chi connectivity index (χ0n) is 10.5. The molecule has 1 saturated heterocycles. The Labute approximate surface area is 126 Å². The fourth-order valence-corrected chi connectivity index (χ4v) is 2.51. The van der Waals surface area contributed by atoms with Gasteiger partial charge in [0.15, 0.2) is 11.6 Å². The first-order chi connectivity index (χ1) is 9.79. The molecule has 6 nitrogen and oxygen atoms in total. The van der Waals surface area contributed by atoms with Crippen LogP contribution in [0, 0.1) is 11.6 Å². The predicted octanol–water partition coefficient (Wildman–Crippen LogP) is 1.78. The second-order valence-corrected chi connectivity index (χ2v) is 5.49. The number of hydrogen-bond acceptors (Lipinski definition) is 3. The van der Waals surface area contributed by atoms with Crippen LogP contribution < -0.4 is 5.32 Å². The average Bonchev–Trinajstić information content (AvgIpc) is 2.76. The van der Waals surface area contributed by atoms with E-state index in [1.165, 1.54) is 0 Å². The number of nitrogens with one attached hydrogen (secondary N) is 1. The molecule has 1 fully saturated rings. The van der Waals surface area contributed by atoms with Gasteiger partial charge in [-0.05, 0) is 12.1 Å². The number of carboxylic acid groups (broad SMARTS) is 1. The topological polar surface area (TPSA) is 89.9 Å². The number of carboxylic acids is 1. The molecule has 2 rings (SSSR count). The highest BCUT2D eigenvalue weighted by atomic mass is 79.9. The fraction of sp³-hybridized carbons (Fsp3) is 0.333. The van der Waals surface area contributed by atoms with Crippen LogP contribution in [0.25, 0.3) is 0 Å². The summed E-state index contributed by atoms with van der Waals surface area (Å²) in [6.45, 7) is -0.220. The maximum Gasteiger partial charge on any atom is 0.326 e. The molecular weight excluding hydrogens is 354 g/mol. The molecule has 0 spiro atoms. The summed E-state index contributed by atoms with van der Waals surface area (Å²) >= 11 is 2.90. The van der Waals surface area contributed by atoms with Crippen molar-refractivity contribution in [3.8, 4) is 0 Å². The minimum atomic E-state index is -1.29. The van der Waals surface area contributed by atoms with E-state index in [4.69, 9.17) is 5.11 Å². The third-order valence-corrected chi connectivity index (χ3v) is 3.52. The van der Waals surface area contributed by atoms with Crippen molar-refractivity contribution < 1.29 is 28.6 Å². The molecule has 1 aromatic carbocycles. The number of likely N-dealkylation sites (tertiary alicyclic amines) is 1. The second kappa shape index (κ2) is 5.94. The molecular formula is C12H11BrF2N2O4. The molecule has 0 aliphatic carbocycles. The molecule has 1 aromatic rings. The van der Waals surface area contributed by atoms with Gasteiger partial charge < -0.3 is 20.4 Å². The van der Waals surface area contributed by atoms with Gasteiger partial charge in [-0.2, -0.15) is 0 Å². The SMILES string of the molecule is O=C(O)C1CC(O)CN1C(=O)Nc1c(F)cc(Br)cc1F. The maximum absolute atomic E-state index is 13.6. The number of aliphatic carboxylic acids is 1. The zero-order chi connectivity index (χ0) is 15.7. The van der Waals surface area contributed by atoms with E-state index in [9.17, 15) is 23.5 Å². The summed E-state index contributed by atoms with van der Waals surface area (Å²) in [5, 5.41) is 20.4. The largest absolute Gasteiger partial charge is 0.480 e. The van der Waals surface area contributed by atoms with Gasteiger partial charge in [-0.15, -0.1) is 0 Å². The summed E-state index contributed by atoms with van der Waals surface area (Å²) in [5.74, 6) is -3.29. The minimum Gasteiger partial charge on any atom is -0.480 e. The number of aliphatic hydroxyl groups is 1. The van der Waals surface area contributed by atoms with Crippen LogP contribution in [0.5, 0.6) is 0 Å². The monoisotopic (exact) mass is 364 g/mol. The van der Waals surface area contributed by atoms with E-state index in [1.54, 1.807) is 0 Å². The Hall–Kier alpha value is -1.74. The molecule has 0 saturated carbocycles. The molecule has 2 unspecified atom stereocenters. The lowest BCUT2D eigenvalue weighted by Crippen LogP contribution is -2.43. The Morgan fingerprint density at radius 3 is 2.43 bits per heavy atom. The van der Waals surface area contributed by atoms with Crippen molar-refractivity contribution >= 4 is 33.6 Å². The van der Waals surface area contributed by atoms with Crippen molar-refractivity contribution in [2.45, 2.75) is 18.6 Å². The van der Waals surface area contributed by atoms with Crippen molar-refractivity contribution in [3.05, 3.63) is 28.2 Å². The Balaban J connectivity index is 2.20. The summed E-state index contributed by atoms with van der Waals surface area (Å²) < 4.78 is 27.4. The lowest BCUT2D eigenvalue weighted by molar-refractivity contribution is -0.141. The van der Waals surface area contributed by atoms with Crippen LogP contribution in [0.3, 0.4) is 0 Å². The third kappa shape index (κ3) is 3.30. The van der Waals surface area contributed by atoms with Gasteiger partial charge in [0.05, 0.1) is 6.10 Å². The number of carbonyl (C=O) groups excluding carboxylic acids is 1. The lowest BCUT2D eigenvalue weighted by Gasteiger charge is -2.21. The van der Waals surface area contributed by atoms with Crippen molar-refractivity contribution in [1.29, 1.82) is 0 Å². The van der Waals surface area contributed by atoms with Gasteiger partial charge in [0.25, 0.3) is 0 Å². The third-order valence-electron chi connectivity index (χ3n) is 3.06. The lowest BCUT2D eigenvalue weighted by atomic mass is 10.2. The number of rotatable bonds is 2. The minimum absolute atomic E-state index is 0.131. The molecule has 0 radical (unpaired) electrons. The zero-order valence-corrected chi connectivity index (χ0v) is 12.1. The number of urea groups is 1. The van der Waals surface area contributed by atoms with Gasteiger partial charge in [-0.3, -0.25) is 0 Å². The second-order valence-electron chi connectivity index (χ2n) is 4.57. The Kier molecular flexibility index (Phi) is 4.43. The Bertz CT molecular complexity index is 576. The molecule has 9 heteroatoms. The highest BCUT2D eigenvalue weighted by molar-refractivity contribution is 9.10. The first-order valence-electron chi connectivity index (χ1n) is 5.92. The average molecular weight is 365 g/mol. The van der Waals surface area contributed by atoms with Gasteiger partial charge >= 0.3 is 12.0 Å². The summed E-state index contributed by atoms with van der Waals surface area (Å²) in [4.78, 5) is 23.8. The van der Waals surface area contributed by atoms with E-state index in [0.29, 0.717) is 0 Å². The van der Waals surface area contributed by atoms with E-state index < -0.39 is 41.5 Å². The highest BCUT2D eigenvalue weighted by Gasteiger charge is 2.39. The maximum atomic E-state index is 13.6. The molecule has 1 aliphatic rings. The van der Waals surface area contributed by atoms with Crippen LogP contribution in [0.1, 0.15) is 6.42 Å². The van der Waals surface area contributed by atoms with Crippen LogP contribution >= 0.6 is 15.9 Å². The van der Waals surface area contributed by atoms with Gasteiger partial charge in [0.1, 0.15) is 11.7 Å². The predicted molar refractivity (Wildman–Crippen MR) is 71.8 cm³/mol. The summed E-state index contributed by atoms with van der Waals surface area (Å²) in [6.07, 6.45) is -1.12. The van der Waals surface area contributed by atoms with Crippen LogP contribution in [-0.4, -0.2) is 45.8 Å². The van der Waals surface area contributed by atoms with Crippen molar-refractivity contribution in [2.75, 3.05) is 11.9 Å². The number of benzene rings is 1. The number of aliphatic hydroxyl groups excluding tert-OH is 1. The standard InChI is InChI=1S/C12H11BrF2N2O4/c13-5-1-7(14)10(8(15)2-5)16-12(21)17-4-6(18)3-9(17)11(19)20/h1-2,6,9,18H,3-4H2,(H,16,21)(H,19,20). The Morgan fingerprint density at radius 2 is 1.90 bits per heavy atom. The molecule has 114 valence electrons. The number of nitrogens with zero attached hydrogens (tertiary/aromatic N) is 1. The summed E-state index contributed by atoms with van der Waals surface area (Å²) in [5.41, 5.74) is -0.672. The van der Waals surface area contributed by atoms with Gasteiger partial charge in [-0.25, -0.2) is 18.4 Å². The molecule has 2 amide bonds. The van der Waals surface area contributed by atoms with Gasteiger partial charge in [0, 0.05) is 17.4 Å². The normalized spacial score (nSPS) is 21.4. The highest BCUT2D eigenvalue weighted by Crippen LogP contribution is 2.25. The number of anilines is 1. The van der Waals surface area contributed by atoms with Gasteiger partial charge in [-0.1, -0.05) is 15.9 Å². The fourth-order valence-electron chi connectivity index (χ4n) is 2.11. The summed E-state index contributed by atoms with van der Waals surface area (Å²) in [7, 11) is 0. The van der Waals surface area contributed by atoms with E-state index in [2.05, 4.69) is 15.9 Å². The van der Waals surface area contributed by atoms with Crippen molar-refractivity contribution in [2.24, 2.45) is 0 Å². The smallest absolute Gasteiger partial charge is 0.326 e. The number of β-amino-alcohol motifs (C(OH)–C–C–N with tert-alkyl or cyclic N) is 1. The number of carbonyl (C=O) groups is 2. The first kappa shape index (κ1) is 15.6. The van der Waals surface area contributed by atoms with E-state index >= 15 is 0 Å². The molecule has 2 atom stereocenters. The first-order valence-corrected chi connectivity index (χ1v) is 6.72. The van der Waals surface area contributed by atoms with Crippen LogP contribution in [0.4, 0.5) is 19.3 Å². The van der Waals surface area contributed by atoms with E-state index in [1.807, 2.05) is 5.32 Å². The molecule has 0 aromatic heterocycles. The molecule has 21 heavy (non-hydrogen) atoms. The van der Waals surface area contributed by atoms with Crippen LogP contribution in [0.15, 0.2) is 16.6 Å². The molecule has 1 heterocycles. The number of hydrogen-bond donors (Lipinski definition) is 3. The summed E-state index contributed by atoms with van der Waals surface area (Å²) in [6, 6.07) is -0.293. The molecule has 3 N–H and O–H groups in total. The van der Waals surface area contributed by atoms with Crippen molar-refractivity contribution in [1.82, 2.24) is 4.90 Å². The van der Waals surface area contributed by atoms with Crippen molar-refractivity contribution in [3.63, 3.8) is 0 Å². The van der Waals surface area contributed by atoms with E-state index in [0.717, 1.165) is 17.0 Å². The Morgan fingerprint density at radius 1 is 1.33 bits per heavy atom. The number of halogens is 3. The number of amides is 2. The van der Waals surface area contributed by atoms with Gasteiger partial charge in [0.2, 0.25) is 0 Å². The van der Waals surface area contributed by atoms with Crippen LogP contribution in [0.2, 0.25) is 0 Å². The quantitative estimate of drug-likeness (QED) is 0.746. The molecule has 1 aliphatic heterocycles. The van der Waals surface area contributed by atoms with E-state index in [-0.39, 0.29) is 17.4 Å².